The van der Waals surface area contributed by atoms with E-state index >= 15 is 0 Å². The van der Waals surface area contributed by atoms with E-state index in [1.165, 1.54) is 44.9 Å². The number of ether oxygens (including phenoxy) is 2. The smallest absolute Gasteiger partial charge is 0.286 e. The van der Waals surface area contributed by atoms with E-state index in [1.54, 1.807) is 6.92 Å². The van der Waals surface area contributed by atoms with Crippen LogP contribution in [0.3, 0.4) is 0 Å². The number of methoxy groups -OCH3 is 1. The molecule has 0 heterocycles. The molecule has 0 saturated heterocycles. The molecule has 0 bridgehead atoms. The quantitative estimate of drug-likeness (QED) is 0.416. The number of benzene rings is 1. The Kier molecular flexibility index (Phi) is 7.03. The molecule has 0 spiro atoms. The van der Waals surface area contributed by atoms with Gasteiger partial charge in [-0.2, -0.15) is 0 Å². The maximum atomic E-state index is 12.4. The minimum Gasteiger partial charge on any atom is -0.493 e. The average molecular weight is 350 g/mol. The molecule has 0 aromatic heterocycles. The largest absolute Gasteiger partial charge is 0.493 e. The third kappa shape index (κ3) is 5.08. The number of nitro benzene ring substituents is 1. The number of carbonyl (C=O) groups is 1. The van der Waals surface area contributed by atoms with E-state index in [9.17, 15) is 14.9 Å². The molecule has 0 radical (unpaired) electrons. The van der Waals surface area contributed by atoms with Gasteiger partial charge in [-0.15, -0.1) is 0 Å². The van der Waals surface area contributed by atoms with Gasteiger partial charge < -0.3 is 14.8 Å². The van der Waals surface area contributed by atoms with Crippen LogP contribution in [0.5, 0.6) is 11.5 Å². The molecule has 7 heteroatoms. The molecular weight excluding hydrogens is 324 g/mol. The van der Waals surface area contributed by atoms with Crippen molar-refractivity contribution in [2.24, 2.45) is 5.92 Å². The van der Waals surface area contributed by atoms with Crippen LogP contribution in [0.4, 0.5) is 5.69 Å². The van der Waals surface area contributed by atoms with Gasteiger partial charge in [0.25, 0.3) is 11.6 Å². The third-order valence-electron chi connectivity index (χ3n) is 4.57. The fourth-order valence-electron chi connectivity index (χ4n) is 3.30. The molecule has 0 aliphatic heterocycles. The van der Waals surface area contributed by atoms with Crippen LogP contribution in [0.1, 0.15) is 55.8 Å². The Morgan fingerprint density at radius 1 is 1.32 bits per heavy atom. The van der Waals surface area contributed by atoms with E-state index in [-0.39, 0.29) is 17.0 Å². The lowest BCUT2D eigenvalue weighted by molar-refractivity contribution is -0.385. The molecular formula is C18H26N2O5. The molecule has 1 saturated carbocycles. The molecule has 1 aliphatic carbocycles. The summed E-state index contributed by atoms with van der Waals surface area (Å²) in [6, 6.07) is 2.62. The van der Waals surface area contributed by atoms with Crippen LogP contribution in [0, 0.1) is 16.0 Å². The molecule has 0 unspecified atom stereocenters. The Morgan fingerprint density at radius 3 is 2.64 bits per heavy atom. The number of nitrogens with zero attached hydrogens (tertiary/aromatic N) is 1. The minimum atomic E-state index is -0.578. The number of hydrogen-bond donors (Lipinski definition) is 1. The van der Waals surface area contributed by atoms with Crippen molar-refractivity contribution in [2.75, 3.05) is 20.3 Å². The number of nitro groups is 1. The van der Waals surface area contributed by atoms with Crippen LogP contribution in [-0.4, -0.2) is 31.1 Å². The first kappa shape index (κ1) is 19.0. The fraction of sp³-hybridized carbons (Fsp3) is 0.611. The summed E-state index contributed by atoms with van der Waals surface area (Å²) < 4.78 is 10.5. The summed E-state index contributed by atoms with van der Waals surface area (Å²) in [6.45, 7) is 2.68. The van der Waals surface area contributed by atoms with Crippen molar-refractivity contribution in [2.45, 2.75) is 45.4 Å². The molecule has 1 fully saturated rings. The summed E-state index contributed by atoms with van der Waals surface area (Å²) in [5, 5.41) is 14.1. The summed E-state index contributed by atoms with van der Waals surface area (Å²) in [4.78, 5) is 23.1. The first-order valence-electron chi connectivity index (χ1n) is 8.84. The maximum absolute atomic E-state index is 12.4. The van der Waals surface area contributed by atoms with Gasteiger partial charge in [-0.25, -0.2) is 0 Å². The van der Waals surface area contributed by atoms with E-state index in [0.717, 1.165) is 18.8 Å². The highest BCUT2D eigenvalue weighted by Crippen LogP contribution is 2.34. The van der Waals surface area contributed by atoms with Crippen LogP contribution in [0.25, 0.3) is 0 Å². The van der Waals surface area contributed by atoms with E-state index in [1.807, 2.05) is 0 Å². The standard InChI is InChI=1S/C18H26N2O5/c1-3-25-17-11-14(15(20(22)23)12-16(17)24-2)18(21)19-10-6-9-13-7-4-5-8-13/h11-13H,3-10H2,1-2H3,(H,19,21). The van der Waals surface area contributed by atoms with Gasteiger partial charge in [0, 0.05) is 12.6 Å². The number of carbonyl (C=O) groups excluding carboxylic acids is 1. The van der Waals surface area contributed by atoms with Gasteiger partial charge in [0.15, 0.2) is 11.5 Å². The van der Waals surface area contributed by atoms with Gasteiger partial charge in [0.1, 0.15) is 5.56 Å². The predicted octanol–water partition coefficient (Wildman–Crippen LogP) is 3.70. The van der Waals surface area contributed by atoms with Gasteiger partial charge >= 0.3 is 0 Å². The van der Waals surface area contributed by atoms with Crippen molar-refractivity contribution >= 4 is 11.6 Å². The van der Waals surface area contributed by atoms with Gasteiger partial charge in [-0.3, -0.25) is 14.9 Å². The molecule has 1 aromatic rings. The van der Waals surface area contributed by atoms with Crippen molar-refractivity contribution in [3.63, 3.8) is 0 Å². The monoisotopic (exact) mass is 350 g/mol. The third-order valence-corrected chi connectivity index (χ3v) is 4.57. The van der Waals surface area contributed by atoms with Crippen LogP contribution >= 0.6 is 0 Å². The second kappa shape index (κ2) is 9.25. The van der Waals surface area contributed by atoms with Crippen molar-refractivity contribution in [1.29, 1.82) is 0 Å². The first-order chi connectivity index (χ1) is 12.1. The van der Waals surface area contributed by atoms with Gasteiger partial charge in [-0.1, -0.05) is 25.7 Å². The van der Waals surface area contributed by atoms with Crippen LogP contribution in [0.2, 0.25) is 0 Å². The van der Waals surface area contributed by atoms with Crippen LogP contribution < -0.4 is 14.8 Å². The number of rotatable bonds is 9. The van der Waals surface area contributed by atoms with Gasteiger partial charge in [0.05, 0.1) is 24.7 Å². The molecule has 7 nitrogen and oxygen atoms in total. The van der Waals surface area contributed by atoms with E-state index < -0.39 is 10.8 Å². The van der Waals surface area contributed by atoms with Crippen molar-refractivity contribution in [1.82, 2.24) is 5.32 Å². The number of amides is 1. The van der Waals surface area contributed by atoms with E-state index in [2.05, 4.69) is 5.32 Å². The van der Waals surface area contributed by atoms with Crippen molar-refractivity contribution in [3.05, 3.63) is 27.8 Å². The number of nitrogens with one attached hydrogen (secondary N) is 1. The zero-order chi connectivity index (χ0) is 18.2. The van der Waals surface area contributed by atoms with E-state index in [4.69, 9.17) is 9.47 Å². The molecule has 2 rings (SSSR count). The van der Waals surface area contributed by atoms with Gasteiger partial charge in [-0.05, 0) is 25.7 Å². The highest BCUT2D eigenvalue weighted by molar-refractivity contribution is 5.99. The average Bonchev–Trinajstić information content (AvgIpc) is 3.11. The Hall–Kier alpha value is -2.31. The summed E-state index contributed by atoms with van der Waals surface area (Å²) in [5.41, 5.74) is -0.288. The normalized spacial score (nSPS) is 14.3. The predicted molar refractivity (Wildman–Crippen MR) is 94.3 cm³/mol. The lowest BCUT2D eigenvalue weighted by Gasteiger charge is -2.12. The Balaban J connectivity index is 2.05. The zero-order valence-electron chi connectivity index (χ0n) is 14.9. The lowest BCUT2D eigenvalue weighted by atomic mass is 10.0. The Morgan fingerprint density at radius 2 is 2.04 bits per heavy atom. The second-order valence-corrected chi connectivity index (χ2v) is 6.26. The molecule has 1 aliphatic rings. The molecule has 1 N–H and O–H groups in total. The van der Waals surface area contributed by atoms with Crippen molar-refractivity contribution in [3.8, 4) is 11.5 Å². The lowest BCUT2D eigenvalue weighted by Crippen LogP contribution is -2.25. The minimum absolute atomic E-state index is 0.00452. The van der Waals surface area contributed by atoms with Crippen molar-refractivity contribution < 1.29 is 19.2 Å². The molecule has 0 atom stereocenters. The highest BCUT2D eigenvalue weighted by Gasteiger charge is 2.24. The number of hydrogen-bond acceptors (Lipinski definition) is 5. The molecule has 1 amide bonds. The van der Waals surface area contributed by atoms with E-state index in [0.29, 0.717) is 18.9 Å². The van der Waals surface area contributed by atoms with Gasteiger partial charge in [0.2, 0.25) is 0 Å². The Labute approximate surface area is 147 Å². The Bertz CT molecular complexity index is 612. The maximum Gasteiger partial charge on any atom is 0.286 e. The molecule has 25 heavy (non-hydrogen) atoms. The summed E-state index contributed by atoms with van der Waals surface area (Å²) in [5.74, 6) is 0.872. The fourth-order valence-corrected chi connectivity index (χ4v) is 3.30. The summed E-state index contributed by atoms with van der Waals surface area (Å²) >= 11 is 0. The highest BCUT2D eigenvalue weighted by atomic mass is 16.6. The topological polar surface area (TPSA) is 90.7 Å². The summed E-state index contributed by atoms with van der Waals surface area (Å²) in [7, 11) is 1.41. The molecule has 138 valence electrons. The second-order valence-electron chi connectivity index (χ2n) is 6.26. The SMILES string of the molecule is CCOc1cc(C(=O)NCCCC2CCCC2)c([N+](=O)[O-])cc1OC. The first-order valence-corrected chi connectivity index (χ1v) is 8.84. The zero-order valence-corrected chi connectivity index (χ0v) is 14.9. The summed E-state index contributed by atoms with van der Waals surface area (Å²) in [6.07, 6.45) is 7.13. The van der Waals surface area contributed by atoms with Crippen LogP contribution in [-0.2, 0) is 0 Å². The molecule has 1 aromatic carbocycles. The van der Waals surface area contributed by atoms with Crippen LogP contribution in [0.15, 0.2) is 12.1 Å².